The van der Waals surface area contributed by atoms with Gasteiger partial charge in [-0.15, -0.1) is 0 Å². The number of nitrogens with zero attached hydrogens (tertiary/aromatic N) is 4. The minimum atomic E-state index is -4.36. The number of carbonyl (C=O) groups is 1. The monoisotopic (exact) mass is 344 g/mol. The van der Waals surface area contributed by atoms with Gasteiger partial charge in [-0.2, -0.15) is 18.3 Å². The van der Waals surface area contributed by atoms with E-state index in [4.69, 9.17) is 0 Å². The molecular formula is C14H19F3N6O. The topological polar surface area (TPSA) is 76.8 Å². The number of hydrogen-bond donors (Lipinski definition) is 2. The highest BCUT2D eigenvalue weighted by molar-refractivity contribution is 5.88. The van der Waals surface area contributed by atoms with Crippen molar-refractivity contribution in [1.29, 1.82) is 0 Å². The Bertz CT molecular complexity index is 676. The summed E-state index contributed by atoms with van der Waals surface area (Å²) in [5, 5.41) is 8.59. The summed E-state index contributed by atoms with van der Waals surface area (Å²) >= 11 is 0. The van der Waals surface area contributed by atoms with Gasteiger partial charge in [0.15, 0.2) is 0 Å². The van der Waals surface area contributed by atoms with Gasteiger partial charge in [-0.1, -0.05) is 13.8 Å². The summed E-state index contributed by atoms with van der Waals surface area (Å²) < 4.78 is 39.4. The molecule has 2 heterocycles. The quantitative estimate of drug-likeness (QED) is 0.846. The standard InChI is InChI=1S/C14H19F3N6O/c1-10(2)7-22-4-3-18-12(22)6-19-13(24)21-11-5-20-23(8-11)9-14(15,16)17/h3-5,8,10H,6-7,9H2,1-2H3,(H2,19,21,24). The van der Waals surface area contributed by atoms with Crippen LogP contribution in [0, 0.1) is 5.92 Å². The largest absolute Gasteiger partial charge is 0.408 e. The van der Waals surface area contributed by atoms with Gasteiger partial charge < -0.3 is 15.2 Å². The Morgan fingerprint density at radius 2 is 2.12 bits per heavy atom. The summed E-state index contributed by atoms with van der Waals surface area (Å²) in [5.74, 6) is 1.14. The number of urea groups is 1. The Kier molecular flexibility index (Phi) is 5.47. The maximum atomic E-state index is 12.2. The fraction of sp³-hybridized carbons (Fsp3) is 0.500. The fourth-order valence-corrected chi connectivity index (χ4v) is 2.10. The summed E-state index contributed by atoms with van der Waals surface area (Å²) in [6, 6.07) is -0.541. The SMILES string of the molecule is CC(C)Cn1ccnc1CNC(=O)Nc1cnn(CC(F)(F)F)c1. The smallest absolute Gasteiger partial charge is 0.333 e. The third kappa shape index (κ3) is 5.60. The van der Waals surface area contributed by atoms with Gasteiger partial charge in [-0.05, 0) is 5.92 Å². The first-order valence-electron chi connectivity index (χ1n) is 7.37. The van der Waals surface area contributed by atoms with E-state index < -0.39 is 18.8 Å². The Labute approximate surface area is 136 Å². The highest BCUT2D eigenvalue weighted by atomic mass is 19.4. The molecule has 0 spiro atoms. The van der Waals surface area contributed by atoms with Crippen molar-refractivity contribution in [2.45, 2.75) is 39.7 Å². The predicted octanol–water partition coefficient (Wildman–Crippen LogP) is 2.62. The Hall–Kier alpha value is -2.52. The van der Waals surface area contributed by atoms with Crippen LogP contribution >= 0.6 is 0 Å². The molecule has 0 saturated carbocycles. The molecule has 2 aromatic rings. The summed E-state index contributed by atoms with van der Waals surface area (Å²) in [6.45, 7) is 3.93. The van der Waals surface area contributed by atoms with E-state index in [1.54, 1.807) is 6.20 Å². The molecular weight excluding hydrogens is 325 g/mol. The molecule has 24 heavy (non-hydrogen) atoms. The summed E-state index contributed by atoms with van der Waals surface area (Å²) in [6.07, 6.45) is 1.39. The van der Waals surface area contributed by atoms with Crippen molar-refractivity contribution in [3.8, 4) is 0 Å². The van der Waals surface area contributed by atoms with Gasteiger partial charge in [0.25, 0.3) is 0 Å². The maximum absolute atomic E-state index is 12.2. The van der Waals surface area contributed by atoms with Crippen molar-refractivity contribution < 1.29 is 18.0 Å². The van der Waals surface area contributed by atoms with E-state index >= 15 is 0 Å². The van der Waals surface area contributed by atoms with Crippen LogP contribution in [0.4, 0.5) is 23.7 Å². The zero-order chi connectivity index (χ0) is 17.7. The summed E-state index contributed by atoms with van der Waals surface area (Å²) in [4.78, 5) is 16.0. The molecule has 0 aliphatic heterocycles. The molecule has 0 radical (unpaired) electrons. The van der Waals surface area contributed by atoms with Crippen molar-refractivity contribution in [3.05, 3.63) is 30.6 Å². The molecule has 0 aliphatic rings. The van der Waals surface area contributed by atoms with Crippen LogP contribution in [0.3, 0.4) is 0 Å². The highest BCUT2D eigenvalue weighted by Crippen LogP contribution is 2.18. The van der Waals surface area contributed by atoms with Crippen LogP contribution in [-0.4, -0.2) is 31.5 Å². The molecule has 0 fully saturated rings. The van der Waals surface area contributed by atoms with E-state index in [0.29, 0.717) is 16.4 Å². The average molecular weight is 344 g/mol. The Balaban J connectivity index is 1.85. The van der Waals surface area contributed by atoms with E-state index in [1.807, 2.05) is 10.8 Å². The van der Waals surface area contributed by atoms with Gasteiger partial charge in [0.1, 0.15) is 12.4 Å². The van der Waals surface area contributed by atoms with Crippen molar-refractivity contribution in [2.24, 2.45) is 5.92 Å². The normalized spacial score (nSPS) is 11.8. The van der Waals surface area contributed by atoms with Crippen molar-refractivity contribution >= 4 is 11.7 Å². The number of rotatable bonds is 6. The molecule has 10 heteroatoms. The van der Waals surface area contributed by atoms with Crippen LogP contribution in [0.1, 0.15) is 19.7 Å². The Morgan fingerprint density at radius 3 is 2.79 bits per heavy atom. The molecule has 0 aromatic carbocycles. The average Bonchev–Trinajstić information content (AvgIpc) is 3.04. The number of alkyl halides is 3. The minimum absolute atomic E-state index is 0.183. The van der Waals surface area contributed by atoms with E-state index in [1.165, 1.54) is 0 Å². The zero-order valence-corrected chi connectivity index (χ0v) is 13.3. The second kappa shape index (κ2) is 7.37. The second-order valence-electron chi connectivity index (χ2n) is 5.74. The molecule has 0 atom stereocenters. The molecule has 2 N–H and O–H groups in total. The second-order valence-corrected chi connectivity index (χ2v) is 5.74. The summed E-state index contributed by atoms with van der Waals surface area (Å²) in [5.41, 5.74) is 0.183. The first-order valence-corrected chi connectivity index (χ1v) is 7.37. The first-order chi connectivity index (χ1) is 11.2. The lowest BCUT2D eigenvalue weighted by molar-refractivity contribution is -0.142. The van der Waals surface area contributed by atoms with Gasteiger partial charge in [0, 0.05) is 25.1 Å². The summed E-state index contributed by atoms with van der Waals surface area (Å²) in [7, 11) is 0. The maximum Gasteiger partial charge on any atom is 0.408 e. The number of halogens is 3. The lowest BCUT2D eigenvalue weighted by Gasteiger charge is -2.11. The predicted molar refractivity (Wildman–Crippen MR) is 81.2 cm³/mol. The zero-order valence-electron chi connectivity index (χ0n) is 13.3. The van der Waals surface area contributed by atoms with Crippen LogP contribution < -0.4 is 10.6 Å². The molecule has 0 aliphatic carbocycles. The van der Waals surface area contributed by atoms with Crippen LogP contribution in [-0.2, 0) is 19.6 Å². The highest BCUT2D eigenvalue weighted by Gasteiger charge is 2.28. The van der Waals surface area contributed by atoms with Gasteiger partial charge in [0.05, 0.1) is 18.4 Å². The molecule has 2 rings (SSSR count). The van der Waals surface area contributed by atoms with Gasteiger partial charge in [-0.3, -0.25) is 4.68 Å². The molecule has 7 nitrogen and oxygen atoms in total. The van der Waals surface area contributed by atoms with E-state index in [0.717, 1.165) is 18.9 Å². The minimum Gasteiger partial charge on any atom is -0.333 e. The van der Waals surface area contributed by atoms with Crippen LogP contribution in [0.15, 0.2) is 24.8 Å². The van der Waals surface area contributed by atoms with Crippen molar-refractivity contribution in [1.82, 2.24) is 24.6 Å². The van der Waals surface area contributed by atoms with Crippen LogP contribution in [0.25, 0.3) is 0 Å². The lowest BCUT2D eigenvalue weighted by atomic mass is 10.2. The van der Waals surface area contributed by atoms with Crippen molar-refractivity contribution in [2.75, 3.05) is 5.32 Å². The number of imidazole rings is 1. The van der Waals surface area contributed by atoms with Crippen LogP contribution in [0.5, 0.6) is 0 Å². The van der Waals surface area contributed by atoms with Gasteiger partial charge in [0.2, 0.25) is 0 Å². The molecule has 132 valence electrons. The lowest BCUT2D eigenvalue weighted by Crippen LogP contribution is -2.29. The molecule has 0 bridgehead atoms. The number of carbonyl (C=O) groups excluding carboxylic acids is 1. The van der Waals surface area contributed by atoms with E-state index in [9.17, 15) is 18.0 Å². The van der Waals surface area contributed by atoms with Crippen molar-refractivity contribution in [3.63, 3.8) is 0 Å². The number of amides is 2. The van der Waals surface area contributed by atoms with Crippen LogP contribution in [0.2, 0.25) is 0 Å². The number of aromatic nitrogens is 4. The van der Waals surface area contributed by atoms with Gasteiger partial charge in [-0.25, -0.2) is 9.78 Å². The Morgan fingerprint density at radius 1 is 1.38 bits per heavy atom. The molecule has 0 saturated heterocycles. The third-order valence-electron chi connectivity index (χ3n) is 3.00. The number of anilines is 1. The molecule has 2 aromatic heterocycles. The third-order valence-corrected chi connectivity index (χ3v) is 3.00. The number of hydrogen-bond acceptors (Lipinski definition) is 3. The number of nitrogens with one attached hydrogen (secondary N) is 2. The first kappa shape index (κ1) is 17.8. The van der Waals surface area contributed by atoms with E-state index in [-0.39, 0.29) is 12.2 Å². The van der Waals surface area contributed by atoms with E-state index in [2.05, 4.69) is 34.6 Å². The van der Waals surface area contributed by atoms with Gasteiger partial charge >= 0.3 is 12.2 Å². The molecule has 2 amide bonds. The fourth-order valence-electron chi connectivity index (χ4n) is 2.10. The molecule has 0 unspecified atom stereocenters.